The number of ether oxygens (including phenoxy) is 1. The molecule has 0 radical (unpaired) electrons. The Morgan fingerprint density at radius 3 is 2.47 bits per heavy atom. The molecular formula is C24H31FN2O2S. The van der Waals surface area contributed by atoms with Crippen LogP contribution in [-0.2, 0) is 11.4 Å². The molecule has 1 aromatic heterocycles. The van der Waals surface area contributed by atoms with Gasteiger partial charge in [0.15, 0.2) is 0 Å². The second-order valence-corrected chi connectivity index (χ2v) is 11.4. The zero-order valence-electron chi connectivity index (χ0n) is 18.2. The van der Waals surface area contributed by atoms with Gasteiger partial charge >= 0.3 is 0 Å². The van der Waals surface area contributed by atoms with Crippen molar-refractivity contribution in [3.05, 3.63) is 47.8 Å². The van der Waals surface area contributed by atoms with Gasteiger partial charge in [-0.1, -0.05) is 13.3 Å². The fraction of sp³-hybridized carbons (Fsp3) is 0.542. The first kappa shape index (κ1) is 21.6. The summed E-state index contributed by atoms with van der Waals surface area (Å²) in [6, 6.07) is 10.2. The summed E-state index contributed by atoms with van der Waals surface area (Å²) in [5.41, 5.74) is 2.58. The van der Waals surface area contributed by atoms with Crippen LogP contribution >= 0.6 is 0 Å². The molecule has 0 spiro atoms. The Kier molecular flexibility index (Phi) is 6.11. The molecule has 0 aliphatic heterocycles. The van der Waals surface area contributed by atoms with Crippen LogP contribution in [0.4, 0.5) is 4.39 Å². The van der Waals surface area contributed by atoms with Gasteiger partial charge in [0, 0.05) is 34.8 Å². The Morgan fingerprint density at radius 1 is 1.20 bits per heavy atom. The molecule has 2 aliphatic carbocycles. The van der Waals surface area contributed by atoms with Crippen molar-refractivity contribution in [2.45, 2.75) is 70.3 Å². The zero-order chi connectivity index (χ0) is 21.5. The van der Waals surface area contributed by atoms with Gasteiger partial charge in [0.25, 0.3) is 0 Å². The molecule has 4 nitrogen and oxygen atoms in total. The van der Waals surface area contributed by atoms with Gasteiger partial charge in [-0.3, -0.25) is 0 Å². The third-order valence-corrected chi connectivity index (χ3v) is 7.78. The van der Waals surface area contributed by atoms with E-state index in [-0.39, 0.29) is 22.7 Å². The largest absolute Gasteiger partial charge is 0.598 e. The molecule has 1 heterocycles. The van der Waals surface area contributed by atoms with Crippen molar-refractivity contribution in [3.63, 3.8) is 0 Å². The van der Waals surface area contributed by atoms with Gasteiger partial charge in [-0.15, -0.1) is 4.72 Å². The molecule has 2 unspecified atom stereocenters. The lowest BCUT2D eigenvalue weighted by Crippen LogP contribution is -2.41. The van der Waals surface area contributed by atoms with Crippen LogP contribution in [0.2, 0.25) is 0 Å². The molecule has 6 heteroatoms. The number of pyridine rings is 1. The summed E-state index contributed by atoms with van der Waals surface area (Å²) in [5.74, 6) is 1.66. The highest BCUT2D eigenvalue weighted by Gasteiger charge is 2.55. The van der Waals surface area contributed by atoms with E-state index in [1.807, 2.05) is 32.9 Å². The zero-order valence-corrected chi connectivity index (χ0v) is 19.0. The number of rotatable bonds is 7. The lowest BCUT2D eigenvalue weighted by atomic mass is 10.0. The van der Waals surface area contributed by atoms with E-state index in [0.717, 1.165) is 23.2 Å². The molecule has 1 aromatic carbocycles. The molecule has 5 atom stereocenters. The summed E-state index contributed by atoms with van der Waals surface area (Å²) in [7, 11) is 0. The van der Waals surface area contributed by atoms with Crippen LogP contribution in [-0.4, -0.2) is 20.4 Å². The van der Waals surface area contributed by atoms with Crippen LogP contribution in [0.1, 0.15) is 65.0 Å². The van der Waals surface area contributed by atoms with Crippen LogP contribution in [0.15, 0.2) is 36.4 Å². The monoisotopic (exact) mass is 430 g/mol. The van der Waals surface area contributed by atoms with Gasteiger partial charge in [-0.2, -0.15) is 0 Å². The van der Waals surface area contributed by atoms with Crippen molar-refractivity contribution < 1.29 is 13.7 Å². The Hall–Kier alpha value is -1.63. The normalized spacial score (nSPS) is 24.9. The summed E-state index contributed by atoms with van der Waals surface area (Å²) < 4.78 is 35.4. The highest BCUT2D eigenvalue weighted by molar-refractivity contribution is 7.90. The molecule has 4 rings (SSSR count). The van der Waals surface area contributed by atoms with E-state index in [1.54, 1.807) is 12.1 Å². The molecule has 1 N–H and O–H groups in total. The molecule has 30 heavy (non-hydrogen) atoms. The number of fused-ring (bicyclic) bond motifs is 1. The van der Waals surface area contributed by atoms with E-state index < -0.39 is 11.4 Å². The minimum atomic E-state index is -1.19. The Morgan fingerprint density at radius 2 is 1.87 bits per heavy atom. The third-order valence-electron chi connectivity index (χ3n) is 6.17. The SMILES string of the molecule is CCC(N[S+]([O-])C(C)(C)C)c1cc(O[C@H]2[C@@H]3CCC[C@@H]32)nc(-c2ccc(F)cc2)c1. The highest BCUT2D eigenvalue weighted by Crippen LogP contribution is 2.53. The lowest BCUT2D eigenvalue weighted by molar-refractivity contribution is 0.248. The number of benzene rings is 1. The third kappa shape index (κ3) is 4.66. The highest BCUT2D eigenvalue weighted by atomic mass is 32.2. The van der Waals surface area contributed by atoms with Gasteiger partial charge in [0.1, 0.15) is 16.7 Å². The summed E-state index contributed by atoms with van der Waals surface area (Å²) in [5, 5.41) is 0. The van der Waals surface area contributed by atoms with Crippen molar-refractivity contribution in [2.75, 3.05) is 0 Å². The Labute approximate surface area is 181 Å². The maximum atomic E-state index is 13.4. The Balaban J connectivity index is 1.64. The van der Waals surface area contributed by atoms with E-state index in [9.17, 15) is 8.94 Å². The minimum Gasteiger partial charge on any atom is -0.598 e. The molecule has 162 valence electrons. The average Bonchev–Trinajstić information content (AvgIpc) is 3.11. The minimum absolute atomic E-state index is 0.0895. The van der Waals surface area contributed by atoms with Crippen molar-refractivity contribution in [1.82, 2.24) is 9.71 Å². The summed E-state index contributed by atoms with van der Waals surface area (Å²) in [6.45, 7) is 7.94. The number of nitrogens with one attached hydrogen (secondary N) is 1. The second-order valence-electron chi connectivity index (χ2n) is 9.43. The van der Waals surface area contributed by atoms with Crippen molar-refractivity contribution >= 4 is 11.4 Å². The second kappa shape index (κ2) is 8.48. The van der Waals surface area contributed by atoms with Crippen LogP contribution in [0.25, 0.3) is 11.3 Å². The molecule has 2 aliphatic rings. The first-order chi connectivity index (χ1) is 14.3. The van der Waals surface area contributed by atoms with Crippen molar-refractivity contribution in [1.29, 1.82) is 0 Å². The van der Waals surface area contributed by atoms with Crippen LogP contribution in [0.5, 0.6) is 5.88 Å². The van der Waals surface area contributed by atoms with Crippen LogP contribution in [0, 0.1) is 17.7 Å². The summed E-state index contributed by atoms with van der Waals surface area (Å²) >= 11 is -1.19. The number of nitrogens with zero attached hydrogens (tertiary/aromatic N) is 1. The predicted molar refractivity (Wildman–Crippen MR) is 119 cm³/mol. The fourth-order valence-corrected chi connectivity index (χ4v) is 5.23. The Bertz CT molecular complexity index is 874. The molecule has 2 aromatic rings. The molecule has 0 saturated heterocycles. The van der Waals surface area contributed by atoms with Crippen molar-refractivity contribution in [2.24, 2.45) is 11.8 Å². The van der Waals surface area contributed by atoms with Crippen LogP contribution in [0.3, 0.4) is 0 Å². The summed E-state index contributed by atoms with van der Waals surface area (Å²) in [6.07, 6.45) is 4.82. The van der Waals surface area contributed by atoms with E-state index in [2.05, 4.69) is 11.6 Å². The van der Waals surface area contributed by atoms with Gasteiger partial charge < -0.3 is 9.29 Å². The quantitative estimate of drug-likeness (QED) is 0.584. The summed E-state index contributed by atoms with van der Waals surface area (Å²) in [4.78, 5) is 4.74. The van der Waals surface area contributed by atoms with E-state index in [4.69, 9.17) is 9.72 Å². The van der Waals surface area contributed by atoms with E-state index in [0.29, 0.717) is 17.7 Å². The standard InChI is InChI=1S/C24H31FN2O2S/c1-5-20(27-30(28)24(2,3)4)16-13-21(15-9-11-17(25)12-10-15)26-22(14-16)29-23-18-7-6-8-19(18)23/h9-14,18-20,23,27H,5-8H2,1-4H3/t18-,19+,20?,23+,30?. The van der Waals surface area contributed by atoms with Gasteiger partial charge in [-0.05, 0) is 75.9 Å². The fourth-order valence-electron chi connectivity index (χ4n) is 4.32. The molecule has 2 saturated carbocycles. The van der Waals surface area contributed by atoms with Gasteiger partial charge in [0.05, 0.1) is 11.7 Å². The topological polar surface area (TPSA) is 57.2 Å². The molecule has 0 bridgehead atoms. The molecule has 2 fully saturated rings. The van der Waals surface area contributed by atoms with E-state index >= 15 is 0 Å². The smallest absolute Gasteiger partial charge is 0.214 e. The maximum absolute atomic E-state index is 13.4. The number of hydrogen-bond acceptors (Lipinski definition) is 4. The first-order valence-electron chi connectivity index (χ1n) is 10.9. The number of halogens is 1. The number of aromatic nitrogens is 1. The maximum Gasteiger partial charge on any atom is 0.214 e. The number of hydrogen-bond donors (Lipinski definition) is 1. The van der Waals surface area contributed by atoms with Crippen molar-refractivity contribution in [3.8, 4) is 17.1 Å². The van der Waals surface area contributed by atoms with E-state index in [1.165, 1.54) is 31.4 Å². The van der Waals surface area contributed by atoms with Gasteiger partial charge in [0.2, 0.25) is 5.88 Å². The molecule has 0 amide bonds. The lowest BCUT2D eigenvalue weighted by Gasteiger charge is -2.28. The van der Waals surface area contributed by atoms with Crippen LogP contribution < -0.4 is 9.46 Å². The average molecular weight is 431 g/mol. The predicted octanol–water partition coefficient (Wildman–Crippen LogP) is 5.57. The first-order valence-corrected chi connectivity index (χ1v) is 12.0. The molecular weight excluding hydrogens is 399 g/mol. The van der Waals surface area contributed by atoms with Gasteiger partial charge in [-0.25, -0.2) is 9.37 Å².